The van der Waals surface area contributed by atoms with E-state index >= 15 is 0 Å². The summed E-state index contributed by atoms with van der Waals surface area (Å²) < 4.78 is 0. The fourth-order valence-electron chi connectivity index (χ4n) is 3.50. The van der Waals surface area contributed by atoms with Crippen molar-refractivity contribution in [2.24, 2.45) is 0 Å². The van der Waals surface area contributed by atoms with Crippen molar-refractivity contribution in [2.75, 3.05) is 0 Å². The molecule has 0 atom stereocenters. The van der Waals surface area contributed by atoms with E-state index in [1.54, 1.807) is 0 Å². The van der Waals surface area contributed by atoms with E-state index in [2.05, 4.69) is 25.3 Å². The zero-order chi connectivity index (χ0) is 14.9. The number of rotatable bonds is 4. The summed E-state index contributed by atoms with van der Waals surface area (Å²) in [5, 5.41) is 0. The highest BCUT2D eigenvalue weighted by Crippen LogP contribution is 2.46. The van der Waals surface area contributed by atoms with Gasteiger partial charge in [-0.25, -0.2) is 0 Å². The van der Waals surface area contributed by atoms with Crippen molar-refractivity contribution in [3.05, 3.63) is 96.1 Å². The zero-order valence-corrected chi connectivity index (χ0v) is 12.0. The van der Waals surface area contributed by atoms with Gasteiger partial charge in [-0.15, -0.1) is 13.2 Å². The topological polar surface area (TPSA) is 17.1 Å². The van der Waals surface area contributed by atoms with Crippen LogP contribution in [-0.2, 0) is 5.41 Å². The van der Waals surface area contributed by atoms with Crippen LogP contribution >= 0.6 is 0 Å². The number of carbonyl (C=O) groups excluding carboxylic acids is 1. The van der Waals surface area contributed by atoms with Crippen LogP contribution in [-0.4, -0.2) is 5.78 Å². The highest BCUT2D eigenvalue weighted by atomic mass is 16.1. The van der Waals surface area contributed by atoms with Crippen molar-refractivity contribution in [2.45, 2.75) is 18.3 Å². The van der Waals surface area contributed by atoms with Gasteiger partial charge in [0, 0.05) is 16.5 Å². The summed E-state index contributed by atoms with van der Waals surface area (Å²) in [7, 11) is 0. The number of hydrogen-bond acceptors (Lipinski definition) is 1. The van der Waals surface area contributed by atoms with Crippen molar-refractivity contribution in [1.82, 2.24) is 0 Å². The Balaban J connectivity index is 2.38. The highest BCUT2D eigenvalue weighted by molar-refractivity contribution is 6.13. The average molecular weight is 274 g/mol. The Labute approximate surface area is 125 Å². The van der Waals surface area contributed by atoms with E-state index < -0.39 is 0 Å². The number of benzene rings is 2. The standard InChI is InChI=1S/C20H18O/c1-3-13-20(14-4-2)17-11-7-5-9-15(17)19(21)16-10-6-8-12-18(16)20/h3-12H,1-2,13-14H2. The highest BCUT2D eigenvalue weighted by Gasteiger charge is 2.41. The number of fused-ring (bicyclic) bond motifs is 2. The Bertz CT molecular complexity index is 663. The molecule has 0 radical (unpaired) electrons. The molecule has 0 fully saturated rings. The lowest BCUT2D eigenvalue weighted by atomic mass is 9.63. The van der Waals surface area contributed by atoms with Gasteiger partial charge >= 0.3 is 0 Å². The molecule has 0 amide bonds. The maximum Gasteiger partial charge on any atom is 0.193 e. The van der Waals surface area contributed by atoms with Crippen LogP contribution in [0.25, 0.3) is 0 Å². The molecule has 1 aliphatic rings. The second kappa shape index (κ2) is 5.17. The molecule has 0 N–H and O–H groups in total. The monoisotopic (exact) mass is 274 g/mol. The smallest absolute Gasteiger partial charge is 0.193 e. The van der Waals surface area contributed by atoms with Gasteiger partial charge < -0.3 is 0 Å². The van der Waals surface area contributed by atoms with Crippen LogP contribution in [0.2, 0.25) is 0 Å². The number of carbonyl (C=O) groups is 1. The molecule has 3 rings (SSSR count). The molecule has 0 spiro atoms. The van der Waals surface area contributed by atoms with Crippen LogP contribution in [0.5, 0.6) is 0 Å². The maximum atomic E-state index is 12.8. The van der Waals surface area contributed by atoms with Crippen molar-refractivity contribution < 1.29 is 4.79 Å². The quantitative estimate of drug-likeness (QED) is 0.740. The molecular weight excluding hydrogens is 256 g/mol. The second-order valence-electron chi connectivity index (χ2n) is 5.49. The molecule has 2 aromatic carbocycles. The average Bonchev–Trinajstić information content (AvgIpc) is 2.53. The van der Waals surface area contributed by atoms with E-state index in [1.165, 1.54) is 0 Å². The fourth-order valence-corrected chi connectivity index (χ4v) is 3.50. The minimum absolute atomic E-state index is 0.116. The molecule has 0 unspecified atom stereocenters. The number of ketones is 1. The van der Waals surface area contributed by atoms with Gasteiger partial charge in [0.05, 0.1) is 0 Å². The van der Waals surface area contributed by atoms with Gasteiger partial charge in [-0.1, -0.05) is 60.7 Å². The molecular formula is C20H18O. The molecule has 0 heterocycles. The lowest BCUT2D eigenvalue weighted by Gasteiger charge is -2.39. The van der Waals surface area contributed by atoms with Gasteiger partial charge in [0.2, 0.25) is 0 Å². The maximum absolute atomic E-state index is 12.8. The SMILES string of the molecule is C=CCC1(CC=C)c2ccccc2C(=O)c2ccccc21. The summed E-state index contributed by atoms with van der Waals surface area (Å²) in [4.78, 5) is 12.8. The molecule has 21 heavy (non-hydrogen) atoms. The van der Waals surface area contributed by atoms with Crippen molar-refractivity contribution in [3.63, 3.8) is 0 Å². The Morgan fingerprint density at radius 2 is 1.24 bits per heavy atom. The molecule has 0 aromatic heterocycles. The van der Waals surface area contributed by atoms with Gasteiger partial charge in [-0.05, 0) is 24.0 Å². The molecule has 0 saturated heterocycles. The Hall–Kier alpha value is -2.41. The van der Waals surface area contributed by atoms with E-state index in [0.717, 1.165) is 35.1 Å². The van der Waals surface area contributed by atoms with E-state index in [-0.39, 0.29) is 11.2 Å². The third-order valence-electron chi connectivity index (χ3n) is 4.36. The van der Waals surface area contributed by atoms with Gasteiger partial charge in [0.1, 0.15) is 0 Å². The predicted octanol–water partition coefficient (Wildman–Crippen LogP) is 4.67. The first-order valence-corrected chi connectivity index (χ1v) is 7.20. The van der Waals surface area contributed by atoms with Gasteiger partial charge in [0.15, 0.2) is 5.78 Å². The first-order chi connectivity index (χ1) is 10.2. The van der Waals surface area contributed by atoms with Gasteiger partial charge in [-0.2, -0.15) is 0 Å². The number of allylic oxidation sites excluding steroid dienone is 2. The van der Waals surface area contributed by atoms with Crippen molar-refractivity contribution in [1.29, 1.82) is 0 Å². The van der Waals surface area contributed by atoms with Crippen LogP contribution in [0.15, 0.2) is 73.8 Å². The summed E-state index contributed by atoms with van der Waals surface area (Å²) in [6, 6.07) is 15.8. The van der Waals surface area contributed by atoms with Crippen molar-refractivity contribution >= 4 is 5.78 Å². The zero-order valence-electron chi connectivity index (χ0n) is 12.0. The van der Waals surface area contributed by atoms with Gasteiger partial charge in [0.25, 0.3) is 0 Å². The van der Waals surface area contributed by atoms with E-state index in [0.29, 0.717) is 0 Å². The summed E-state index contributed by atoms with van der Waals surface area (Å²) in [6.07, 6.45) is 5.46. The van der Waals surface area contributed by atoms with Crippen LogP contribution in [0.1, 0.15) is 39.9 Å². The second-order valence-corrected chi connectivity index (χ2v) is 5.49. The lowest BCUT2D eigenvalue weighted by molar-refractivity contribution is 0.103. The first kappa shape index (κ1) is 13.6. The minimum Gasteiger partial charge on any atom is -0.289 e. The summed E-state index contributed by atoms with van der Waals surface area (Å²) in [5.41, 5.74) is 3.56. The molecule has 0 saturated carbocycles. The van der Waals surface area contributed by atoms with Crippen LogP contribution in [0.3, 0.4) is 0 Å². The molecule has 0 bridgehead atoms. The fraction of sp³-hybridized carbons (Fsp3) is 0.150. The minimum atomic E-state index is -0.232. The Morgan fingerprint density at radius 1 is 0.810 bits per heavy atom. The molecule has 0 aliphatic heterocycles. The summed E-state index contributed by atoms with van der Waals surface area (Å²) >= 11 is 0. The van der Waals surface area contributed by atoms with E-state index in [9.17, 15) is 4.79 Å². The van der Waals surface area contributed by atoms with Crippen LogP contribution in [0, 0.1) is 0 Å². The van der Waals surface area contributed by atoms with Gasteiger partial charge in [-0.3, -0.25) is 4.79 Å². The van der Waals surface area contributed by atoms with Crippen LogP contribution < -0.4 is 0 Å². The third-order valence-corrected chi connectivity index (χ3v) is 4.36. The normalized spacial score (nSPS) is 15.0. The molecule has 1 heteroatoms. The van der Waals surface area contributed by atoms with E-state index in [1.807, 2.05) is 48.6 Å². The molecule has 1 nitrogen and oxygen atoms in total. The Morgan fingerprint density at radius 3 is 1.67 bits per heavy atom. The third kappa shape index (κ3) is 1.89. The first-order valence-electron chi connectivity index (χ1n) is 7.20. The summed E-state index contributed by atoms with van der Waals surface area (Å²) in [6.45, 7) is 7.86. The largest absolute Gasteiger partial charge is 0.289 e. The van der Waals surface area contributed by atoms with Crippen molar-refractivity contribution in [3.8, 4) is 0 Å². The number of hydrogen-bond donors (Lipinski definition) is 0. The summed E-state index contributed by atoms with van der Waals surface area (Å²) in [5.74, 6) is 0.116. The predicted molar refractivity (Wildman–Crippen MR) is 86.7 cm³/mol. The lowest BCUT2D eigenvalue weighted by Crippen LogP contribution is -2.35. The Kier molecular flexibility index (Phi) is 3.34. The van der Waals surface area contributed by atoms with Crippen LogP contribution in [0.4, 0.5) is 0 Å². The molecule has 1 aliphatic carbocycles. The van der Waals surface area contributed by atoms with E-state index in [4.69, 9.17) is 0 Å². The molecule has 2 aromatic rings. The molecule has 104 valence electrons.